The van der Waals surface area contributed by atoms with Crippen molar-refractivity contribution >= 4 is 11.7 Å². The molecule has 3 rings (SSSR count). The molecule has 1 aliphatic rings. The van der Waals surface area contributed by atoms with E-state index in [0.717, 1.165) is 18.7 Å². The fourth-order valence-electron chi connectivity index (χ4n) is 2.84. The van der Waals surface area contributed by atoms with Crippen LogP contribution in [0, 0.1) is 5.82 Å². The molecule has 1 fully saturated rings. The third-order valence-electron chi connectivity index (χ3n) is 4.29. The molecule has 1 aliphatic heterocycles. The van der Waals surface area contributed by atoms with Crippen LogP contribution < -0.4 is 14.4 Å². The van der Waals surface area contributed by atoms with Gasteiger partial charge in [0.05, 0.1) is 6.54 Å². The zero-order chi connectivity index (χ0) is 19.2. The van der Waals surface area contributed by atoms with Gasteiger partial charge in [0.25, 0.3) is 5.91 Å². The van der Waals surface area contributed by atoms with Gasteiger partial charge in [-0.1, -0.05) is 12.1 Å². The number of hydrogen-bond acceptors (Lipinski definition) is 6. The van der Waals surface area contributed by atoms with Gasteiger partial charge in [-0.05, 0) is 31.0 Å². The van der Waals surface area contributed by atoms with Gasteiger partial charge in [0.1, 0.15) is 6.10 Å². The Morgan fingerprint density at radius 1 is 1.26 bits per heavy atom. The summed E-state index contributed by atoms with van der Waals surface area (Å²) in [6.07, 6.45) is 1.49. The highest BCUT2D eigenvalue weighted by Crippen LogP contribution is 2.19. The number of rotatable bonds is 6. The quantitative estimate of drug-likeness (QED) is 0.772. The summed E-state index contributed by atoms with van der Waals surface area (Å²) in [6.45, 7) is 0.867. The highest BCUT2D eigenvalue weighted by Gasteiger charge is 2.25. The minimum absolute atomic E-state index is 0.0758. The van der Waals surface area contributed by atoms with Gasteiger partial charge in [-0.2, -0.15) is 0 Å². The highest BCUT2D eigenvalue weighted by atomic mass is 19.1. The van der Waals surface area contributed by atoms with Crippen LogP contribution in [0.4, 0.5) is 10.2 Å². The summed E-state index contributed by atoms with van der Waals surface area (Å²) in [4.78, 5) is 15.9. The number of carbonyl (C=O) groups excluding carboxylic acids is 1. The van der Waals surface area contributed by atoms with Crippen molar-refractivity contribution in [2.45, 2.75) is 18.9 Å². The van der Waals surface area contributed by atoms with Crippen molar-refractivity contribution in [1.29, 1.82) is 0 Å². The molecule has 0 N–H and O–H groups in total. The molecule has 1 amide bonds. The zero-order valence-electron chi connectivity index (χ0n) is 15.5. The topological polar surface area (TPSA) is 67.8 Å². The number of likely N-dealkylation sites (tertiary alicyclic amines) is 1. The fourth-order valence-corrected chi connectivity index (χ4v) is 2.84. The summed E-state index contributed by atoms with van der Waals surface area (Å²) in [5.41, 5.74) is 0. The van der Waals surface area contributed by atoms with Crippen LogP contribution in [0.3, 0.4) is 0 Å². The average Bonchev–Trinajstić information content (AvgIpc) is 2.68. The minimum atomic E-state index is -0.482. The summed E-state index contributed by atoms with van der Waals surface area (Å²) >= 11 is 0. The van der Waals surface area contributed by atoms with Crippen LogP contribution in [-0.2, 0) is 4.79 Å². The molecule has 1 aromatic carbocycles. The maximum Gasteiger partial charge on any atom is 0.260 e. The van der Waals surface area contributed by atoms with E-state index in [-0.39, 0.29) is 24.4 Å². The third-order valence-corrected chi connectivity index (χ3v) is 4.29. The maximum absolute atomic E-state index is 13.6. The minimum Gasteiger partial charge on any atom is -0.481 e. The predicted molar refractivity (Wildman–Crippen MR) is 98.5 cm³/mol. The normalized spacial score (nSPS) is 16.7. The number of para-hydroxylation sites is 1. The second-order valence-corrected chi connectivity index (χ2v) is 6.57. The predicted octanol–water partition coefficient (Wildman–Crippen LogP) is 2.13. The zero-order valence-corrected chi connectivity index (χ0v) is 15.5. The number of amides is 1. The molecular formula is C19H23FN4O3. The number of benzene rings is 1. The van der Waals surface area contributed by atoms with Gasteiger partial charge in [-0.3, -0.25) is 4.79 Å². The number of piperidine rings is 1. The molecule has 8 heteroatoms. The van der Waals surface area contributed by atoms with Gasteiger partial charge in [-0.25, -0.2) is 4.39 Å². The molecule has 0 spiro atoms. The van der Waals surface area contributed by atoms with Gasteiger partial charge >= 0.3 is 0 Å². The van der Waals surface area contributed by atoms with Crippen LogP contribution >= 0.6 is 0 Å². The van der Waals surface area contributed by atoms with Crippen LogP contribution in [0.25, 0.3) is 0 Å². The van der Waals surface area contributed by atoms with Crippen molar-refractivity contribution in [3.8, 4) is 11.6 Å². The first-order chi connectivity index (χ1) is 13.0. The van der Waals surface area contributed by atoms with Crippen molar-refractivity contribution in [2.24, 2.45) is 0 Å². The number of ether oxygens (including phenoxy) is 2. The van der Waals surface area contributed by atoms with Crippen LogP contribution in [0.15, 0.2) is 36.4 Å². The maximum atomic E-state index is 13.6. The van der Waals surface area contributed by atoms with Crippen LogP contribution in [0.2, 0.25) is 0 Å². The standard InChI is InChI=1S/C19H23FN4O3/c1-23(2)17-9-10-18(22-21-17)27-14-6-5-11-24(12-14)19(25)13-26-16-8-4-3-7-15(16)20/h3-4,7-10,14H,5-6,11-13H2,1-2H3. The molecule has 2 aromatic rings. The van der Waals surface area contributed by atoms with Gasteiger partial charge in [0.2, 0.25) is 5.88 Å². The summed E-state index contributed by atoms with van der Waals surface area (Å²) in [5, 5.41) is 8.15. The van der Waals surface area contributed by atoms with Crippen molar-refractivity contribution < 1.29 is 18.7 Å². The van der Waals surface area contributed by atoms with Crippen LogP contribution in [0.5, 0.6) is 11.6 Å². The highest BCUT2D eigenvalue weighted by molar-refractivity contribution is 5.77. The lowest BCUT2D eigenvalue weighted by atomic mass is 10.1. The number of aromatic nitrogens is 2. The Hall–Kier alpha value is -2.90. The molecule has 144 valence electrons. The Bertz CT molecular complexity index is 770. The molecule has 1 saturated heterocycles. The number of hydrogen-bond donors (Lipinski definition) is 0. The van der Waals surface area contributed by atoms with E-state index in [2.05, 4.69) is 10.2 Å². The number of nitrogens with zero attached hydrogens (tertiary/aromatic N) is 4. The van der Waals surface area contributed by atoms with Crippen molar-refractivity contribution in [1.82, 2.24) is 15.1 Å². The van der Waals surface area contributed by atoms with Crippen molar-refractivity contribution in [3.63, 3.8) is 0 Å². The van der Waals surface area contributed by atoms with E-state index in [9.17, 15) is 9.18 Å². The monoisotopic (exact) mass is 374 g/mol. The SMILES string of the molecule is CN(C)c1ccc(OC2CCCN(C(=O)COc3ccccc3F)C2)nn1. The van der Waals surface area contributed by atoms with Crippen molar-refractivity contribution in [2.75, 3.05) is 38.7 Å². The number of anilines is 1. The molecular weight excluding hydrogens is 351 g/mol. The molecule has 0 bridgehead atoms. The Kier molecular flexibility index (Phi) is 6.05. The Labute approximate surface area is 157 Å². The summed E-state index contributed by atoms with van der Waals surface area (Å²) in [6, 6.07) is 9.63. The van der Waals surface area contributed by atoms with Crippen molar-refractivity contribution in [3.05, 3.63) is 42.2 Å². The first-order valence-corrected chi connectivity index (χ1v) is 8.86. The van der Waals surface area contributed by atoms with E-state index in [1.165, 1.54) is 12.1 Å². The fraction of sp³-hybridized carbons (Fsp3) is 0.421. The van der Waals surface area contributed by atoms with Crippen LogP contribution in [-0.4, -0.2) is 60.9 Å². The van der Waals surface area contributed by atoms with Gasteiger partial charge < -0.3 is 19.3 Å². The molecule has 0 aliphatic carbocycles. The van der Waals surface area contributed by atoms with E-state index in [4.69, 9.17) is 9.47 Å². The Morgan fingerprint density at radius 2 is 2.07 bits per heavy atom. The van der Waals surface area contributed by atoms with E-state index in [1.807, 2.05) is 25.1 Å². The second kappa shape index (κ2) is 8.66. The molecule has 0 saturated carbocycles. The molecule has 1 aromatic heterocycles. The van der Waals surface area contributed by atoms with E-state index in [1.54, 1.807) is 23.1 Å². The molecule has 2 heterocycles. The van der Waals surface area contributed by atoms with Gasteiger partial charge in [0, 0.05) is 26.7 Å². The largest absolute Gasteiger partial charge is 0.481 e. The van der Waals surface area contributed by atoms with Gasteiger partial charge in [-0.15, -0.1) is 10.2 Å². The summed E-state index contributed by atoms with van der Waals surface area (Å²) < 4.78 is 24.8. The summed E-state index contributed by atoms with van der Waals surface area (Å²) in [5.74, 6) is 0.577. The molecule has 27 heavy (non-hydrogen) atoms. The summed E-state index contributed by atoms with van der Waals surface area (Å²) in [7, 11) is 3.77. The second-order valence-electron chi connectivity index (χ2n) is 6.57. The Morgan fingerprint density at radius 3 is 2.78 bits per heavy atom. The third kappa shape index (κ3) is 5.06. The molecule has 1 unspecified atom stereocenters. The van der Waals surface area contributed by atoms with E-state index < -0.39 is 5.82 Å². The lowest BCUT2D eigenvalue weighted by molar-refractivity contribution is -0.136. The molecule has 1 atom stereocenters. The van der Waals surface area contributed by atoms with E-state index in [0.29, 0.717) is 19.0 Å². The number of carbonyl (C=O) groups is 1. The number of halogens is 1. The smallest absolute Gasteiger partial charge is 0.260 e. The van der Waals surface area contributed by atoms with E-state index >= 15 is 0 Å². The molecule has 7 nitrogen and oxygen atoms in total. The lowest BCUT2D eigenvalue weighted by Gasteiger charge is -2.32. The van der Waals surface area contributed by atoms with Crippen LogP contribution in [0.1, 0.15) is 12.8 Å². The lowest BCUT2D eigenvalue weighted by Crippen LogP contribution is -2.46. The first kappa shape index (κ1) is 18.9. The Balaban J connectivity index is 1.52. The van der Waals surface area contributed by atoms with Gasteiger partial charge in [0.15, 0.2) is 24.0 Å². The molecule has 0 radical (unpaired) electrons. The average molecular weight is 374 g/mol. The first-order valence-electron chi connectivity index (χ1n) is 8.86.